The number of dihydropyridines is 1. The number of hydrogen-bond acceptors (Lipinski definition) is 11. The number of carbonyl (C=O) groups excluding carboxylic acids is 2. The molecule has 0 spiro atoms. The van der Waals surface area contributed by atoms with Crippen LogP contribution in [0.15, 0.2) is 81.9 Å². The fraction of sp³-hybridized carbons (Fsp3) is 0.364. The highest BCUT2D eigenvalue weighted by Gasteiger charge is 2.39. The number of nitro benzene ring substituents is 1. The van der Waals surface area contributed by atoms with Crippen molar-refractivity contribution in [1.82, 2.24) is 15.6 Å². The van der Waals surface area contributed by atoms with Crippen molar-refractivity contribution in [3.05, 3.63) is 103 Å². The minimum absolute atomic E-state index is 0.0488. The number of pyridine rings is 1. The van der Waals surface area contributed by atoms with Gasteiger partial charge in [0.15, 0.2) is 0 Å². The Morgan fingerprint density at radius 2 is 1.83 bits per heavy atom. The van der Waals surface area contributed by atoms with E-state index in [9.17, 15) is 24.5 Å². The fourth-order valence-electron chi connectivity index (χ4n) is 5.34. The molecule has 2 heterocycles. The molecule has 1 aromatic heterocycles. The Labute approximate surface area is 270 Å². The second-order valence-corrected chi connectivity index (χ2v) is 10.5. The number of para-hydroxylation sites is 1. The number of H-pyrrole nitrogens is 1. The predicted octanol–water partition coefficient (Wildman–Crippen LogP) is 3.78. The topological polar surface area (TPSA) is 180 Å². The van der Waals surface area contributed by atoms with Crippen molar-refractivity contribution in [3.8, 4) is 5.75 Å². The van der Waals surface area contributed by atoms with Crippen molar-refractivity contribution < 1.29 is 38.5 Å². The summed E-state index contributed by atoms with van der Waals surface area (Å²) < 4.78 is 16.7. The number of nitro groups is 1. The van der Waals surface area contributed by atoms with Crippen LogP contribution in [0.1, 0.15) is 37.7 Å². The molecule has 1 unspecified atom stereocenters. The Balaban J connectivity index is 1.35. The molecular weight excluding hydrogens is 612 g/mol. The van der Waals surface area contributed by atoms with Crippen LogP contribution < -0.4 is 20.9 Å². The Kier molecular flexibility index (Phi) is 12.6. The number of allylic oxidation sites excluding steroid dienone is 1. The van der Waals surface area contributed by atoms with Crippen LogP contribution in [0, 0.1) is 10.1 Å². The number of fused-ring (bicyclic) bond motifs is 1. The summed E-state index contributed by atoms with van der Waals surface area (Å²) in [6.45, 7) is 2.49. The molecule has 0 bridgehead atoms. The van der Waals surface area contributed by atoms with Crippen molar-refractivity contribution >= 4 is 28.5 Å². The number of aromatic amines is 1. The van der Waals surface area contributed by atoms with Crippen LogP contribution in [0.5, 0.6) is 5.75 Å². The van der Waals surface area contributed by atoms with Crippen LogP contribution in [0.25, 0.3) is 10.9 Å². The molecule has 3 aromatic rings. The highest BCUT2D eigenvalue weighted by molar-refractivity contribution is 5.93. The van der Waals surface area contributed by atoms with Gasteiger partial charge in [0.1, 0.15) is 12.4 Å². The quantitative estimate of drug-likeness (QED) is 0.0636. The standard InChI is InChI=1S/C33H38N4O10/c1-4-25-24(19-47-44-3)31(23-8-5-6-9-28(23)37(41)42)32(33(40)43-2)27(35-25)20-45-17-15-34-29(38)10-7-16-46-22-12-13-26-21(18-22)11-14-30(39)36-26/h5-6,8-9,11-14,18,31,35H,4,7,10,15-17,19-20H2,1-3H3,(H,34,38)(H,36,39). The summed E-state index contributed by atoms with van der Waals surface area (Å²) in [6, 6.07) is 14.7. The number of amides is 1. The van der Waals surface area contributed by atoms with Crippen LogP contribution in [0.2, 0.25) is 0 Å². The summed E-state index contributed by atoms with van der Waals surface area (Å²) in [6.07, 6.45) is 1.23. The first kappa shape index (κ1) is 34.8. The third kappa shape index (κ3) is 9.03. The number of esters is 1. The first-order valence-corrected chi connectivity index (χ1v) is 15.1. The van der Waals surface area contributed by atoms with E-state index in [1.807, 2.05) is 13.0 Å². The first-order valence-electron chi connectivity index (χ1n) is 15.1. The summed E-state index contributed by atoms with van der Waals surface area (Å²) >= 11 is 0. The van der Waals surface area contributed by atoms with Crippen LogP contribution in [-0.2, 0) is 28.8 Å². The Bertz CT molecular complexity index is 1710. The molecule has 2 aromatic carbocycles. The second-order valence-electron chi connectivity index (χ2n) is 10.5. The van der Waals surface area contributed by atoms with Gasteiger partial charge in [0.2, 0.25) is 11.5 Å². The molecule has 47 heavy (non-hydrogen) atoms. The summed E-state index contributed by atoms with van der Waals surface area (Å²) in [5.74, 6) is -1.08. The zero-order chi connectivity index (χ0) is 33.8. The van der Waals surface area contributed by atoms with Gasteiger partial charge < -0.3 is 29.8 Å². The van der Waals surface area contributed by atoms with Gasteiger partial charge in [-0.05, 0) is 42.7 Å². The van der Waals surface area contributed by atoms with E-state index in [0.717, 1.165) is 5.39 Å². The molecule has 0 fully saturated rings. The highest BCUT2D eigenvalue weighted by Crippen LogP contribution is 2.42. The SMILES string of the molecule is CCC1=C(COOC)C(c2ccccc2[N+](=O)[O-])C(C(=O)OC)=C(COCCNC(=O)CCCOc2ccc3[nH]c(=O)ccc3c2)N1. The number of nitrogens with zero attached hydrogens (tertiary/aromatic N) is 1. The van der Waals surface area contributed by atoms with Gasteiger partial charge in [-0.3, -0.25) is 19.7 Å². The van der Waals surface area contributed by atoms with E-state index in [1.54, 1.807) is 36.4 Å². The Hall–Kier alpha value is -5.05. The maximum absolute atomic E-state index is 13.2. The van der Waals surface area contributed by atoms with Crippen molar-refractivity contribution in [2.45, 2.75) is 32.1 Å². The average molecular weight is 651 g/mol. The van der Waals surface area contributed by atoms with Gasteiger partial charge in [-0.15, -0.1) is 0 Å². The van der Waals surface area contributed by atoms with Crippen LogP contribution in [0.3, 0.4) is 0 Å². The lowest BCUT2D eigenvalue weighted by Gasteiger charge is -2.32. The van der Waals surface area contributed by atoms with Gasteiger partial charge in [0.25, 0.3) is 5.69 Å². The van der Waals surface area contributed by atoms with E-state index in [2.05, 4.69) is 15.6 Å². The minimum atomic E-state index is -0.866. The summed E-state index contributed by atoms with van der Waals surface area (Å²) in [5.41, 5.74) is 2.50. The molecule has 0 aliphatic carbocycles. The zero-order valence-corrected chi connectivity index (χ0v) is 26.5. The maximum Gasteiger partial charge on any atom is 0.336 e. The summed E-state index contributed by atoms with van der Waals surface area (Å²) in [7, 11) is 2.59. The molecule has 1 amide bonds. The van der Waals surface area contributed by atoms with E-state index in [4.69, 9.17) is 24.0 Å². The molecule has 250 valence electrons. The van der Waals surface area contributed by atoms with Crippen molar-refractivity contribution in [1.29, 1.82) is 0 Å². The minimum Gasteiger partial charge on any atom is -0.494 e. The smallest absolute Gasteiger partial charge is 0.336 e. The maximum atomic E-state index is 13.2. The fourth-order valence-corrected chi connectivity index (χ4v) is 5.34. The molecule has 0 saturated heterocycles. The molecule has 1 atom stereocenters. The van der Waals surface area contributed by atoms with Gasteiger partial charge in [0, 0.05) is 47.3 Å². The van der Waals surface area contributed by atoms with E-state index in [0.29, 0.717) is 53.2 Å². The number of rotatable bonds is 17. The Morgan fingerprint density at radius 3 is 2.57 bits per heavy atom. The van der Waals surface area contributed by atoms with Crippen molar-refractivity contribution in [3.63, 3.8) is 0 Å². The molecule has 3 N–H and O–H groups in total. The predicted molar refractivity (Wildman–Crippen MR) is 171 cm³/mol. The average Bonchev–Trinajstić information content (AvgIpc) is 3.08. The molecule has 0 radical (unpaired) electrons. The van der Waals surface area contributed by atoms with Gasteiger partial charge in [0.05, 0.1) is 56.2 Å². The number of ether oxygens (including phenoxy) is 3. The number of methoxy groups -OCH3 is 1. The van der Waals surface area contributed by atoms with Crippen molar-refractivity contribution in [2.24, 2.45) is 0 Å². The molecule has 4 rings (SSSR count). The third-order valence-corrected chi connectivity index (χ3v) is 7.51. The normalized spacial score (nSPS) is 14.6. The van der Waals surface area contributed by atoms with E-state index in [1.165, 1.54) is 26.4 Å². The van der Waals surface area contributed by atoms with Crippen LogP contribution in [-0.4, -0.2) is 69.0 Å². The third-order valence-electron chi connectivity index (χ3n) is 7.51. The molecule has 14 nitrogen and oxygen atoms in total. The van der Waals surface area contributed by atoms with E-state index >= 15 is 0 Å². The van der Waals surface area contributed by atoms with E-state index in [-0.39, 0.29) is 55.5 Å². The molecule has 1 aliphatic heterocycles. The highest BCUT2D eigenvalue weighted by atomic mass is 17.2. The van der Waals surface area contributed by atoms with Gasteiger partial charge in [-0.1, -0.05) is 25.1 Å². The number of hydrogen-bond donors (Lipinski definition) is 3. The first-order chi connectivity index (χ1) is 22.8. The lowest BCUT2D eigenvalue weighted by molar-refractivity contribution is -0.385. The molecule has 14 heteroatoms. The lowest BCUT2D eigenvalue weighted by Crippen LogP contribution is -2.34. The number of aromatic nitrogens is 1. The summed E-state index contributed by atoms with van der Waals surface area (Å²) in [4.78, 5) is 61.3. The van der Waals surface area contributed by atoms with Gasteiger partial charge in [-0.2, -0.15) is 0 Å². The summed E-state index contributed by atoms with van der Waals surface area (Å²) in [5, 5.41) is 18.9. The molecule has 0 saturated carbocycles. The number of nitrogens with one attached hydrogen (secondary N) is 3. The van der Waals surface area contributed by atoms with Gasteiger partial charge in [-0.25, -0.2) is 14.6 Å². The largest absolute Gasteiger partial charge is 0.494 e. The number of benzene rings is 2. The lowest BCUT2D eigenvalue weighted by atomic mass is 9.79. The van der Waals surface area contributed by atoms with Crippen molar-refractivity contribution in [2.75, 3.05) is 47.2 Å². The zero-order valence-electron chi connectivity index (χ0n) is 26.5. The second kappa shape index (κ2) is 17.0. The number of carbonyl (C=O) groups is 2. The van der Waals surface area contributed by atoms with Crippen LogP contribution in [0.4, 0.5) is 5.69 Å². The van der Waals surface area contributed by atoms with E-state index < -0.39 is 16.8 Å². The molecular formula is C33H38N4O10. The monoisotopic (exact) mass is 650 g/mol. The van der Waals surface area contributed by atoms with Gasteiger partial charge >= 0.3 is 5.97 Å². The molecule has 1 aliphatic rings. The Morgan fingerprint density at radius 1 is 1.02 bits per heavy atom. The van der Waals surface area contributed by atoms with Crippen LogP contribution >= 0.6 is 0 Å².